The molecule has 2 amide bonds. The molecular weight excluding hydrogens is 392 g/mol. The van der Waals surface area contributed by atoms with E-state index in [1.807, 2.05) is 0 Å². The molecule has 2 atom stereocenters. The second-order valence-electron chi connectivity index (χ2n) is 10.4. The third-order valence-electron chi connectivity index (χ3n) is 3.78. The van der Waals surface area contributed by atoms with Crippen molar-refractivity contribution in [2.45, 2.75) is 104 Å². The maximum atomic E-state index is 12.8. The van der Waals surface area contributed by atoms with E-state index in [1.54, 1.807) is 62.3 Å². The molecule has 1 heterocycles. The maximum absolute atomic E-state index is 12.8. The number of likely N-dealkylation sites (tertiary alicyclic amines) is 1. The minimum absolute atomic E-state index is 0.354. The van der Waals surface area contributed by atoms with E-state index in [0.29, 0.717) is 13.0 Å². The van der Waals surface area contributed by atoms with E-state index >= 15 is 0 Å². The summed E-state index contributed by atoms with van der Waals surface area (Å²) in [5, 5.41) is 2.41. The number of carbonyl (C=O) groups excluding carboxylic acids is 4. The van der Waals surface area contributed by atoms with E-state index in [-0.39, 0.29) is 6.42 Å². The van der Waals surface area contributed by atoms with Crippen LogP contribution in [0.5, 0.6) is 0 Å². The summed E-state index contributed by atoms with van der Waals surface area (Å²) in [4.78, 5) is 51.2. The number of amides is 2. The number of rotatable bonds is 5. The van der Waals surface area contributed by atoms with E-state index in [2.05, 4.69) is 5.32 Å². The second kappa shape index (κ2) is 9.22. The first-order valence-electron chi connectivity index (χ1n) is 10.1. The van der Waals surface area contributed by atoms with Gasteiger partial charge in [-0.3, -0.25) is 4.79 Å². The summed E-state index contributed by atoms with van der Waals surface area (Å²) < 4.78 is 15.9. The summed E-state index contributed by atoms with van der Waals surface area (Å²) in [6, 6.07) is -1.94. The van der Waals surface area contributed by atoms with Gasteiger partial charge in [0, 0.05) is 6.54 Å². The molecule has 1 rings (SSSR count). The van der Waals surface area contributed by atoms with Crippen molar-refractivity contribution in [1.82, 2.24) is 10.2 Å². The number of ether oxygens (including phenoxy) is 3. The Morgan fingerprint density at radius 2 is 1.37 bits per heavy atom. The lowest BCUT2D eigenvalue weighted by Gasteiger charge is -2.40. The van der Waals surface area contributed by atoms with Gasteiger partial charge in [0.15, 0.2) is 0 Å². The molecule has 0 aromatic heterocycles. The van der Waals surface area contributed by atoms with Crippen molar-refractivity contribution in [1.29, 1.82) is 0 Å². The smallest absolute Gasteiger partial charge is 0.408 e. The molecule has 1 saturated heterocycles. The fourth-order valence-corrected chi connectivity index (χ4v) is 2.61. The molecule has 0 aromatic carbocycles. The van der Waals surface area contributed by atoms with Gasteiger partial charge in [-0.2, -0.15) is 0 Å². The van der Waals surface area contributed by atoms with Gasteiger partial charge in [-0.1, -0.05) is 0 Å². The molecule has 1 aliphatic rings. The highest BCUT2D eigenvalue weighted by molar-refractivity contribution is 5.91. The van der Waals surface area contributed by atoms with E-state index in [1.165, 1.54) is 4.90 Å². The van der Waals surface area contributed by atoms with Crippen LogP contribution in [0.15, 0.2) is 0 Å². The molecule has 1 aliphatic heterocycles. The largest absolute Gasteiger partial charge is 0.458 e. The summed E-state index contributed by atoms with van der Waals surface area (Å²) in [7, 11) is 0. The number of nitrogens with zero attached hydrogens (tertiary/aromatic N) is 1. The third kappa shape index (κ3) is 9.00. The van der Waals surface area contributed by atoms with Crippen LogP contribution in [0.4, 0.5) is 4.79 Å². The number of nitrogens with one attached hydrogen (secondary N) is 1. The molecule has 30 heavy (non-hydrogen) atoms. The van der Waals surface area contributed by atoms with Crippen molar-refractivity contribution in [3.63, 3.8) is 0 Å². The average Bonchev–Trinajstić information content (AvgIpc) is 2.38. The van der Waals surface area contributed by atoms with Crippen LogP contribution in [0.3, 0.4) is 0 Å². The first-order chi connectivity index (χ1) is 13.4. The highest BCUT2D eigenvalue weighted by Crippen LogP contribution is 2.23. The van der Waals surface area contributed by atoms with Gasteiger partial charge >= 0.3 is 18.0 Å². The minimum Gasteiger partial charge on any atom is -0.458 e. The van der Waals surface area contributed by atoms with Crippen molar-refractivity contribution in [2.24, 2.45) is 0 Å². The van der Waals surface area contributed by atoms with E-state index < -0.39 is 52.8 Å². The van der Waals surface area contributed by atoms with Gasteiger partial charge < -0.3 is 24.4 Å². The third-order valence-corrected chi connectivity index (χ3v) is 3.78. The highest BCUT2D eigenvalue weighted by atomic mass is 16.6. The normalized spacial score (nSPS) is 18.0. The average molecular weight is 429 g/mol. The standard InChI is InChI=1S/C21H36N2O7/c1-19(2,3)28-16(25)13(22-18(27)30-21(7,8)9)12-15(24)23-11-10-14(23)17(26)29-20(4,5)6/h13-14H,10-12H2,1-9H3,(H,22,27)/t13-,14-/m0/s1. The lowest BCUT2D eigenvalue weighted by atomic mass is 10.0. The lowest BCUT2D eigenvalue weighted by molar-refractivity contribution is -0.171. The van der Waals surface area contributed by atoms with Gasteiger partial charge in [0.1, 0.15) is 28.9 Å². The van der Waals surface area contributed by atoms with Crippen molar-refractivity contribution >= 4 is 23.9 Å². The molecule has 0 bridgehead atoms. The Morgan fingerprint density at radius 3 is 1.77 bits per heavy atom. The predicted molar refractivity (Wildman–Crippen MR) is 110 cm³/mol. The van der Waals surface area contributed by atoms with Crippen LogP contribution in [0.25, 0.3) is 0 Å². The highest BCUT2D eigenvalue weighted by Gasteiger charge is 2.42. The molecule has 0 unspecified atom stereocenters. The van der Waals surface area contributed by atoms with Gasteiger partial charge in [-0.15, -0.1) is 0 Å². The number of alkyl carbamates (subject to hydrolysis) is 1. The predicted octanol–water partition coefficient (Wildman–Crippen LogP) is 2.55. The van der Waals surface area contributed by atoms with Gasteiger partial charge in [0.2, 0.25) is 5.91 Å². The second-order valence-corrected chi connectivity index (χ2v) is 10.4. The summed E-state index contributed by atoms with van der Waals surface area (Å²) >= 11 is 0. The first kappa shape index (κ1) is 25.7. The van der Waals surface area contributed by atoms with Crippen LogP contribution in [-0.2, 0) is 28.6 Å². The zero-order valence-corrected chi connectivity index (χ0v) is 19.6. The Bertz CT molecular complexity index is 668. The molecule has 0 spiro atoms. The van der Waals surface area contributed by atoms with Gasteiger partial charge in [0.25, 0.3) is 0 Å². The van der Waals surface area contributed by atoms with Crippen LogP contribution >= 0.6 is 0 Å². The van der Waals surface area contributed by atoms with Crippen LogP contribution in [-0.4, -0.2) is 64.3 Å². The molecule has 0 aromatic rings. The van der Waals surface area contributed by atoms with E-state index in [9.17, 15) is 19.2 Å². The topological polar surface area (TPSA) is 111 Å². The monoisotopic (exact) mass is 428 g/mol. The number of hydrogen-bond donors (Lipinski definition) is 1. The molecule has 1 fully saturated rings. The number of esters is 2. The van der Waals surface area contributed by atoms with Gasteiger partial charge in [-0.25, -0.2) is 14.4 Å². The Labute approximate surface area is 178 Å². The molecule has 0 aliphatic carbocycles. The molecule has 172 valence electrons. The first-order valence-corrected chi connectivity index (χ1v) is 10.1. The van der Waals surface area contributed by atoms with Gasteiger partial charge in [0.05, 0.1) is 6.42 Å². The zero-order chi connectivity index (χ0) is 23.5. The fraction of sp³-hybridized carbons (Fsp3) is 0.810. The summed E-state index contributed by atoms with van der Waals surface area (Å²) in [5.41, 5.74) is -2.24. The Hall–Kier alpha value is -2.32. The molecule has 0 saturated carbocycles. The molecular formula is C21H36N2O7. The van der Waals surface area contributed by atoms with Crippen molar-refractivity contribution in [3.05, 3.63) is 0 Å². The van der Waals surface area contributed by atoms with Crippen LogP contribution in [0.2, 0.25) is 0 Å². The summed E-state index contributed by atoms with van der Waals surface area (Å²) in [5.74, 6) is -1.70. The van der Waals surface area contributed by atoms with E-state index in [4.69, 9.17) is 14.2 Å². The summed E-state index contributed by atoms with van der Waals surface area (Å²) in [6.07, 6.45) is -0.705. The molecule has 1 N–H and O–H groups in total. The molecule has 9 heteroatoms. The van der Waals surface area contributed by atoms with E-state index in [0.717, 1.165) is 0 Å². The van der Waals surface area contributed by atoms with Crippen molar-refractivity contribution in [2.75, 3.05) is 6.54 Å². The van der Waals surface area contributed by atoms with Gasteiger partial charge in [-0.05, 0) is 68.7 Å². The van der Waals surface area contributed by atoms with Crippen molar-refractivity contribution < 1.29 is 33.4 Å². The van der Waals surface area contributed by atoms with Crippen LogP contribution in [0, 0.1) is 0 Å². The SMILES string of the molecule is CC(C)(C)OC(=O)N[C@@H](CC(=O)N1CC[C@H]1C(=O)OC(C)(C)C)C(=O)OC(C)(C)C. The molecule has 0 radical (unpaired) electrons. The molecule has 9 nitrogen and oxygen atoms in total. The van der Waals surface area contributed by atoms with Crippen molar-refractivity contribution in [3.8, 4) is 0 Å². The summed E-state index contributed by atoms with van der Waals surface area (Å²) in [6.45, 7) is 15.7. The Kier molecular flexibility index (Phi) is 7.90. The number of carbonyl (C=O) groups is 4. The Balaban J connectivity index is 2.87. The Morgan fingerprint density at radius 1 is 0.867 bits per heavy atom. The lowest BCUT2D eigenvalue weighted by Crippen LogP contribution is -2.58. The van der Waals surface area contributed by atoms with Crippen LogP contribution < -0.4 is 5.32 Å². The number of hydrogen-bond acceptors (Lipinski definition) is 7. The quantitative estimate of drug-likeness (QED) is 0.529. The maximum Gasteiger partial charge on any atom is 0.408 e. The fourth-order valence-electron chi connectivity index (χ4n) is 2.61. The van der Waals surface area contributed by atoms with Crippen LogP contribution in [0.1, 0.15) is 75.2 Å². The minimum atomic E-state index is -1.24. The zero-order valence-electron chi connectivity index (χ0n) is 19.6.